The summed E-state index contributed by atoms with van der Waals surface area (Å²) in [5.41, 5.74) is -0.768. The van der Waals surface area contributed by atoms with Gasteiger partial charge in [-0.25, -0.2) is 0 Å². The fraction of sp³-hybridized carbons (Fsp3) is 0.846. The third-order valence-corrected chi connectivity index (χ3v) is 3.23. The summed E-state index contributed by atoms with van der Waals surface area (Å²) < 4.78 is 10.1. The first-order valence-electron chi connectivity index (χ1n) is 6.41. The number of rotatable bonds is 8. The lowest BCUT2D eigenvalue weighted by Crippen LogP contribution is -2.48. The number of amides is 1. The standard InChI is InChI=1S/C13H22N2O3/c1-11-8-13(9-11,10-14)12(16)15-4-3-5-18-7-6-17-2/h11H,3-9H2,1-2H3,(H,15,16). The number of carbonyl (C=O) groups excluding carboxylic acids is 1. The van der Waals surface area contributed by atoms with Crippen molar-refractivity contribution < 1.29 is 14.3 Å². The summed E-state index contributed by atoms with van der Waals surface area (Å²) in [6.45, 7) is 4.38. The third kappa shape index (κ3) is 3.97. The smallest absolute Gasteiger partial charge is 0.240 e. The van der Waals surface area contributed by atoms with E-state index in [1.807, 2.05) is 0 Å². The zero-order valence-corrected chi connectivity index (χ0v) is 11.2. The average Bonchev–Trinajstić information content (AvgIpc) is 2.33. The zero-order valence-electron chi connectivity index (χ0n) is 11.2. The Kier molecular flexibility index (Phi) is 6.10. The second kappa shape index (κ2) is 7.34. The van der Waals surface area contributed by atoms with Crippen molar-refractivity contribution in [1.82, 2.24) is 5.32 Å². The second-order valence-electron chi connectivity index (χ2n) is 4.92. The van der Waals surface area contributed by atoms with Crippen LogP contribution in [-0.4, -0.2) is 39.4 Å². The molecule has 0 aliphatic heterocycles. The van der Waals surface area contributed by atoms with E-state index in [-0.39, 0.29) is 5.91 Å². The van der Waals surface area contributed by atoms with E-state index in [9.17, 15) is 4.79 Å². The topological polar surface area (TPSA) is 71.3 Å². The maximum absolute atomic E-state index is 11.9. The van der Waals surface area contributed by atoms with Gasteiger partial charge >= 0.3 is 0 Å². The van der Waals surface area contributed by atoms with Gasteiger partial charge in [0.2, 0.25) is 5.91 Å². The molecule has 0 unspecified atom stereocenters. The Morgan fingerprint density at radius 2 is 2.17 bits per heavy atom. The van der Waals surface area contributed by atoms with Gasteiger partial charge in [-0.15, -0.1) is 0 Å². The average molecular weight is 254 g/mol. The van der Waals surface area contributed by atoms with Gasteiger partial charge in [-0.05, 0) is 25.2 Å². The Morgan fingerprint density at radius 1 is 1.44 bits per heavy atom. The van der Waals surface area contributed by atoms with Crippen molar-refractivity contribution in [2.75, 3.05) is 33.5 Å². The minimum Gasteiger partial charge on any atom is -0.382 e. The molecule has 5 heteroatoms. The normalized spacial score (nSPS) is 26.2. The van der Waals surface area contributed by atoms with E-state index in [2.05, 4.69) is 18.3 Å². The van der Waals surface area contributed by atoms with Crippen LogP contribution >= 0.6 is 0 Å². The summed E-state index contributed by atoms with van der Waals surface area (Å²) in [5.74, 6) is 0.354. The van der Waals surface area contributed by atoms with E-state index in [1.54, 1.807) is 7.11 Å². The molecular weight excluding hydrogens is 232 g/mol. The summed E-state index contributed by atoms with van der Waals surface area (Å²) in [5, 5.41) is 11.9. The number of methoxy groups -OCH3 is 1. The van der Waals surface area contributed by atoms with Gasteiger partial charge in [0.25, 0.3) is 0 Å². The fourth-order valence-corrected chi connectivity index (χ4v) is 2.25. The number of nitriles is 1. The molecule has 0 saturated heterocycles. The fourth-order valence-electron chi connectivity index (χ4n) is 2.25. The van der Waals surface area contributed by atoms with Gasteiger partial charge in [0.1, 0.15) is 5.41 Å². The van der Waals surface area contributed by atoms with Crippen molar-refractivity contribution in [2.45, 2.75) is 26.2 Å². The van der Waals surface area contributed by atoms with Gasteiger partial charge in [-0.2, -0.15) is 5.26 Å². The Hall–Kier alpha value is -1.12. The van der Waals surface area contributed by atoms with Crippen molar-refractivity contribution in [1.29, 1.82) is 5.26 Å². The molecule has 1 saturated carbocycles. The maximum Gasteiger partial charge on any atom is 0.240 e. The number of hydrogen-bond acceptors (Lipinski definition) is 4. The number of carbonyl (C=O) groups is 1. The summed E-state index contributed by atoms with van der Waals surface area (Å²) in [4.78, 5) is 11.9. The molecule has 1 N–H and O–H groups in total. The first-order chi connectivity index (χ1) is 8.64. The molecule has 0 radical (unpaired) electrons. The highest BCUT2D eigenvalue weighted by molar-refractivity contribution is 5.86. The van der Waals surface area contributed by atoms with Crippen LogP contribution in [0.3, 0.4) is 0 Å². The van der Waals surface area contributed by atoms with Gasteiger partial charge in [0.15, 0.2) is 0 Å². The minimum atomic E-state index is -0.768. The number of hydrogen-bond donors (Lipinski definition) is 1. The van der Waals surface area contributed by atoms with Crippen molar-refractivity contribution in [3.63, 3.8) is 0 Å². The third-order valence-electron chi connectivity index (χ3n) is 3.23. The summed E-state index contributed by atoms with van der Waals surface area (Å²) >= 11 is 0. The predicted octanol–water partition coefficient (Wildman–Crippen LogP) is 1.10. The monoisotopic (exact) mass is 254 g/mol. The molecule has 0 aromatic heterocycles. The molecule has 1 fully saturated rings. The van der Waals surface area contributed by atoms with Gasteiger partial charge in [0, 0.05) is 20.3 Å². The van der Waals surface area contributed by atoms with E-state index >= 15 is 0 Å². The Bertz CT molecular complexity index is 306. The van der Waals surface area contributed by atoms with Crippen molar-refractivity contribution in [2.24, 2.45) is 11.3 Å². The molecule has 102 valence electrons. The van der Waals surface area contributed by atoms with Crippen LogP contribution in [0.15, 0.2) is 0 Å². The van der Waals surface area contributed by atoms with Crippen LogP contribution in [0.5, 0.6) is 0 Å². The van der Waals surface area contributed by atoms with Crippen LogP contribution in [0.1, 0.15) is 26.2 Å². The summed E-state index contributed by atoms with van der Waals surface area (Å²) in [6.07, 6.45) is 2.12. The Labute approximate surface area is 108 Å². The molecule has 0 aromatic carbocycles. The lowest BCUT2D eigenvalue weighted by molar-refractivity contribution is -0.133. The van der Waals surface area contributed by atoms with E-state index in [0.717, 1.165) is 6.42 Å². The molecule has 0 bridgehead atoms. The molecular formula is C13H22N2O3. The number of nitrogens with zero attached hydrogens (tertiary/aromatic N) is 1. The van der Waals surface area contributed by atoms with E-state index < -0.39 is 5.41 Å². The van der Waals surface area contributed by atoms with Crippen molar-refractivity contribution in [3.8, 4) is 6.07 Å². The molecule has 1 aliphatic rings. The highest BCUT2D eigenvalue weighted by Gasteiger charge is 2.48. The first-order valence-corrected chi connectivity index (χ1v) is 6.41. The van der Waals surface area contributed by atoms with E-state index in [4.69, 9.17) is 14.7 Å². The lowest BCUT2D eigenvalue weighted by Gasteiger charge is -2.39. The lowest BCUT2D eigenvalue weighted by atomic mass is 9.63. The van der Waals surface area contributed by atoms with Crippen LogP contribution in [0, 0.1) is 22.7 Å². The van der Waals surface area contributed by atoms with Crippen LogP contribution in [-0.2, 0) is 14.3 Å². The van der Waals surface area contributed by atoms with E-state index in [1.165, 1.54) is 0 Å². The summed E-state index contributed by atoms with van der Waals surface area (Å²) in [7, 11) is 1.63. The van der Waals surface area contributed by atoms with Crippen LogP contribution in [0.2, 0.25) is 0 Å². The van der Waals surface area contributed by atoms with Gasteiger partial charge < -0.3 is 14.8 Å². The molecule has 1 aliphatic carbocycles. The largest absolute Gasteiger partial charge is 0.382 e. The van der Waals surface area contributed by atoms with Crippen LogP contribution in [0.4, 0.5) is 0 Å². The molecule has 5 nitrogen and oxygen atoms in total. The second-order valence-corrected chi connectivity index (χ2v) is 4.92. The van der Waals surface area contributed by atoms with Gasteiger partial charge in [-0.3, -0.25) is 4.79 Å². The number of nitrogens with one attached hydrogen (secondary N) is 1. The molecule has 1 amide bonds. The molecule has 0 heterocycles. The Balaban J connectivity index is 2.09. The molecule has 1 rings (SSSR count). The molecule has 0 atom stereocenters. The van der Waals surface area contributed by atoms with Crippen molar-refractivity contribution >= 4 is 5.91 Å². The highest BCUT2D eigenvalue weighted by Crippen LogP contribution is 2.44. The number of ether oxygens (including phenoxy) is 2. The first kappa shape index (κ1) is 14.9. The quantitative estimate of drug-likeness (QED) is 0.658. The maximum atomic E-state index is 11.9. The SMILES string of the molecule is COCCOCCCNC(=O)C1(C#N)CC(C)C1. The minimum absolute atomic E-state index is 0.125. The highest BCUT2D eigenvalue weighted by atomic mass is 16.5. The van der Waals surface area contributed by atoms with Crippen LogP contribution in [0.25, 0.3) is 0 Å². The van der Waals surface area contributed by atoms with E-state index in [0.29, 0.717) is 45.1 Å². The predicted molar refractivity (Wildman–Crippen MR) is 66.8 cm³/mol. The van der Waals surface area contributed by atoms with Gasteiger partial charge in [0.05, 0.1) is 19.3 Å². The van der Waals surface area contributed by atoms with Crippen molar-refractivity contribution in [3.05, 3.63) is 0 Å². The molecule has 0 spiro atoms. The van der Waals surface area contributed by atoms with Crippen LogP contribution < -0.4 is 5.32 Å². The zero-order chi connectivity index (χ0) is 13.4. The summed E-state index contributed by atoms with van der Waals surface area (Å²) in [6, 6.07) is 2.15. The Morgan fingerprint density at radius 3 is 2.72 bits per heavy atom. The molecule has 18 heavy (non-hydrogen) atoms. The molecule has 0 aromatic rings. The van der Waals surface area contributed by atoms with Gasteiger partial charge in [-0.1, -0.05) is 6.92 Å².